The highest BCUT2D eigenvalue weighted by Crippen LogP contribution is 2.27. The normalized spacial score (nSPS) is 13.7. The van der Waals surface area contributed by atoms with Crippen LogP contribution in [0.5, 0.6) is 0 Å². The number of hydrogen-bond donors (Lipinski definition) is 2. The number of amides is 1. The molecular weight excluding hydrogens is 360 g/mol. The van der Waals surface area contributed by atoms with Gasteiger partial charge in [-0.2, -0.15) is 0 Å². The number of carbonyl (C=O) groups is 1. The molecule has 1 amide bonds. The van der Waals surface area contributed by atoms with Gasteiger partial charge in [0.1, 0.15) is 0 Å². The van der Waals surface area contributed by atoms with E-state index in [9.17, 15) is 9.59 Å². The number of pyridine rings is 1. The third kappa shape index (κ3) is 3.67. The molecule has 1 aliphatic rings. The Kier molecular flexibility index (Phi) is 4.82. The van der Waals surface area contributed by atoms with Gasteiger partial charge in [0.2, 0.25) is 5.91 Å². The van der Waals surface area contributed by atoms with Crippen molar-refractivity contribution in [2.75, 3.05) is 5.32 Å². The molecule has 27 heavy (non-hydrogen) atoms. The number of rotatable bonds is 3. The van der Waals surface area contributed by atoms with Crippen LogP contribution in [-0.2, 0) is 17.6 Å². The van der Waals surface area contributed by atoms with Crippen molar-refractivity contribution in [1.29, 1.82) is 0 Å². The second-order valence-corrected chi connectivity index (χ2v) is 7.13. The standard InChI is InChI=1S/C22H19ClN2O2/c23-19-8-4-1-5-14(19)9-12-21(26)24-15-10-11-17-16-6-2-3-7-18(16)22(27)25-20(17)13-15/h1,4-5,8-13H,2-3,6-7H2,(H,24,26)(H,25,27)/b12-9+. The van der Waals surface area contributed by atoms with Gasteiger partial charge in [-0.05, 0) is 61.1 Å². The Labute approximate surface area is 161 Å². The third-order valence-corrected chi connectivity index (χ3v) is 5.27. The maximum absolute atomic E-state index is 12.3. The molecule has 1 aliphatic carbocycles. The fraction of sp³-hybridized carbons (Fsp3) is 0.182. The molecule has 2 N–H and O–H groups in total. The summed E-state index contributed by atoms with van der Waals surface area (Å²) in [7, 11) is 0. The van der Waals surface area contributed by atoms with Crippen LogP contribution in [0.15, 0.2) is 53.3 Å². The van der Waals surface area contributed by atoms with E-state index in [1.807, 2.05) is 36.4 Å². The van der Waals surface area contributed by atoms with Crippen molar-refractivity contribution in [3.05, 3.63) is 80.6 Å². The predicted octanol–water partition coefficient (Wildman–Crippen LogP) is 4.71. The fourth-order valence-corrected chi connectivity index (χ4v) is 3.80. The number of benzene rings is 2. The zero-order chi connectivity index (χ0) is 18.8. The molecule has 0 unspecified atom stereocenters. The van der Waals surface area contributed by atoms with Crippen LogP contribution >= 0.6 is 11.6 Å². The summed E-state index contributed by atoms with van der Waals surface area (Å²) in [5, 5.41) is 4.49. The van der Waals surface area contributed by atoms with Gasteiger partial charge in [-0.25, -0.2) is 0 Å². The van der Waals surface area contributed by atoms with Gasteiger partial charge in [0.25, 0.3) is 5.56 Å². The zero-order valence-corrected chi connectivity index (χ0v) is 15.5. The Hall–Kier alpha value is -2.85. The highest BCUT2D eigenvalue weighted by molar-refractivity contribution is 6.32. The molecule has 3 aromatic rings. The van der Waals surface area contributed by atoms with Gasteiger partial charge in [-0.15, -0.1) is 0 Å². The van der Waals surface area contributed by atoms with Gasteiger partial charge in [-0.3, -0.25) is 9.59 Å². The molecule has 0 bridgehead atoms. The quantitative estimate of drug-likeness (QED) is 0.648. The van der Waals surface area contributed by atoms with Crippen LogP contribution in [0, 0.1) is 0 Å². The maximum Gasteiger partial charge on any atom is 0.251 e. The summed E-state index contributed by atoms with van der Waals surface area (Å²) in [6.07, 6.45) is 7.07. The SMILES string of the molecule is O=C(/C=C/c1ccccc1Cl)Nc1ccc2c3c(c(=O)[nH]c2c1)CCCC3. The Balaban J connectivity index is 1.58. The average molecular weight is 379 g/mol. The lowest BCUT2D eigenvalue weighted by atomic mass is 9.90. The van der Waals surface area contributed by atoms with E-state index in [0.29, 0.717) is 10.7 Å². The first-order valence-electron chi connectivity index (χ1n) is 9.03. The lowest BCUT2D eigenvalue weighted by Crippen LogP contribution is -2.19. The van der Waals surface area contributed by atoms with Crippen molar-refractivity contribution >= 4 is 40.2 Å². The number of halogens is 1. The van der Waals surface area contributed by atoms with Crippen LogP contribution in [0.25, 0.3) is 17.0 Å². The van der Waals surface area contributed by atoms with Crippen molar-refractivity contribution in [2.45, 2.75) is 25.7 Å². The molecule has 1 heterocycles. The molecule has 0 spiro atoms. The van der Waals surface area contributed by atoms with Crippen molar-refractivity contribution in [3.8, 4) is 0 Å². The summed E-state index contributed by atoms with van der Waals surface area (Å²) in [5.41, 5.74) is 4.23. The zero-order valence-electron chi connectivity index (χ0n) is 14.7. The minimum Gasteiger partial charge on any atom is -0.322 e. The monoisotopic (exact) mass is 378 g/mol. The van der Waals surface area contributed by atoms with Crippen LogP contribution in [0.2, 0.25) is 5.02 Å². The number of carbonyl (C=O) groups excluding carboxylic acids is 1. The van der Waals surface area contributed by atoms with Crippen molar-refractivity contribution in [1.82, 2.24) is 4.98 Å². The molecule has 0 atom stereocenters. The van der Waals surface area contributed by atoms with E-state index in [2.05, 4.69) is 10.3 Å². The summed E-state index contributed by atoms with van der Waals surface area (Å²) >= 11 is 6.09. The van der Waals surface area contributed by atoms with Crippen LogP contribution < -0.4 is 10.9 Å². The predicted molar refractivity (Wildman–Crippen MR) is 110 cm³/mol. The van der Waals surface area contributed by atoms with Gasteiger partial charge in [0, 0.05) is 27.7 Å². The van der Waals surface area contributed by atoms with Gasteiger partial charge >= 0.3 is 0 Å². The molecule has 2 aromatic carbocycles. The maximum atomic E-state index is 12.3. The van der Waals surface area contributed by atoms with Crippen LogP contribution in [0.3, 0.4) is 0 Å². The molecule has 136 valence electrons. The first kappa shape index (κ1) is 17.6. The summed E-state index contributed by atoms with van der Waals surface area (Å²) in [5.74, 6) is -0.255. The molecule has 5 heteroatoms. The number of aryl methyl sites for hydroxylation is 1. The summed E-state index contributed by atoms with van der Waals surface area (Å²) in [6.45, 7) is 0. The number of anilines is 1. The Bertz CT molecular complexity index is 1110. The second-order valence-electron chi connectivity index (χ2n) is 6.72. The topological polar surface area (TPSA) is 62.0 Å². The van der Waals surface area contributed by atoms with Crippen LogP contribution in [-0.4, -0.2) is 10.9 Å². The molecule has 4 rings (SSSR count). The summed E-state index contributed by atoms with van der Waals surface area (Å²) in [6, 6.07) is 13.0. The number of hydrogen-bond acceptors (Lipinski definition) is 2. The fourth-order valence-electron chi connectivity index (χ4n) is 3.60. The van der Waals surface area contributed by atoms with E-state index in [0.717, 1.165) is 53.3 Å². The lowest BCUT2D eigenvalue weighted by Gasteiger charge is -2.17. The molecule has 0 aliphatic heterocycles. The molecular formula is C22H19ClN2O2. The van der Waals surface area contributed by atoms with Crippen molar-refractivity contribution in [2.24, 2.45) is 0 Å². The molecule has 1 aromatic heterocycles. The molecule has 0 radical (unpaired) electrons. The van der Waals surface area contributed by atoms with E-state index in [-0.39, 0.29) is 11.5 Å². The first-order valence-corrected chi connectivity index (χ1v) is 9.41. The number of H-pyrrole nitrogens is 1. The van der Waals surface area contributed by atoms with Gasteiger partial charge in [0.15, 0.2) is 0 Å². The van der Waals surface area contributed by atoms with Crippen molar-refractivity contribution < 1.29 is 4.79 Å². The van der Waals surface area contributed by atoms with Crippen LogP contribution in [0.4, 0.5) is 5.69 Å². The van der Waals surface area contributed by atoms with Gasteiger partial charge < -0.3 is 10.3 Å². The van der Waals surface area contributed by atoms with Crippen LogP contribution in [0.1, 0.15) is 29.5 Å². The highest BCUT2D eigenvalue weighted by Gasteiger charge is 2.16. The number of nitrogens with one attached hydrogen (secondary N) is 2. The summed E-state index contributed by atoms with van der Waals surface area (Å²) in [4.78, 5) is 27.5. The molecule has 0 saturated carbocycles. The molecule has 0 saturated heterocycles. The Morgan fingerprint density at radius 1 is 1.07 bits per heavy atom. The average Bonchev–Trinajstić information content (AvgIpc) is 2.67. The Morgan fingerprint density at radius 2 is 1.85 bits per heavy atom. The lowest BCUT2D eigenvalue weighted by molar-refractivity contribution is -0.111. The number of aromatic amines is 1. The van der Waals surface area contributed by atoms with E-state index in [1.54, 1.807) is 12.1 Å². The second kappa shape index (κ2) is 7.41. The number of fused-ring (bicyclic) bond motifs is 3. The van der Waals surface area contributed by atoms with E-state index < -0.39 is 0 Å². The van der Waals surface area contributed by atoms with Gasteiger partial charge in [0.05, 0.1) is 5.52 Å². The smallest absolute Gasteiger partial charge is 0.251 e. The molecule has 4 nitrogen and oxygen atoms in total. The number of aromatic nitrogens is 1. The summed E-state index contributed by atoms with van der Waals surface area (Å²) < 4.78 is 0. The third-order valence-electron chi connectivity index (χ3n) is 4.92. The minimum absolute atomic E-state index is 0.0145. The van der Waals surface area contributed by atoms with E-state index in [1.165, 1.54) is 6.08 Å². The van der Waals surface area contributed by atoms with Gasteiger partial charge in [-0.1, -0.05) is 35.9 Å². The van der Waals surface area contributed by atoms with E-state index >= 15 is 0 Å². The highest BCUT2D eigenvalue weighted by atomic mass is 35.5. The first-order chi connectivity index (χ1) is 13.1. The molecule has 0 fully saturated rings. The van der Waals surface area contributed by atoms with E-state index in [4.69, 9.17) is 11.6 Å². The van der Waals surface area contributed by atoms with Crippen molar-refractivity contribution in [3.63, 3.8) is 0 Å². The Morgan fingerprint density at radius 3 is 2.67 bits per heavy atom. The minimum atomic E-state index is -0.255. The largest absolute Gasteiger partial charge is 0.322 e.